The van der Waals surface area contributed by atoms with Gasteiger partial charge in [0.1, 0.15) is 6.04 Å². The maximum Gasteiger partial charge on any atom is 0.405 e. The monoisotopic (exact) mass is 321 g/mol. The highest BCUT2D eigenvalue weighted by molar-refractivity contribution is 5.84. The number of hydrogen-bond donors (Lipinski definition) is 4. The maximum atomic E-state index is 11.7. The van der Waals surface area contributed by atoms with Crippen LogP contribution in [-0.2, 0) is 4.79 Å². The highest BCUT2D eigenvalue weighted by Crippen LogP contribution is 2.29. The Kier molecular flexibility index (Phi) is 6.42. The first-order valence-corrected chi connectivity index (χ1v) is 7.74. The van der Waals surface area contributed by atoms with E-state index in [9.17, 15) is 9.59 Å². The lowest BCUT2D eigenvalue weighted by Gasteiger charge is -2.20. The van der Waals surface area contributed by atoms with Crippen LogP contribution in [0.5, 0.6) is 0 Å². The van der Waals surface area contributed by atoms with Crippen molar-refractivity contribution < 1.29 is 14.7 Å². The molecule has 128 valence electrons. The molecule has 6 heteroatoms. The summed E-state index contributed by atoms with van der Waals surface area (Å²) in [5, 5.41) is 16.8. The van der Waals surface area contributed by atoms with E-state index in [-0.39, 0.29) is 5.91 Å². The van der Waals surface area contributed by atoms with E-state index in [1.807, 2.05) is 0 Å². The Balaban J connectivity index is 2.61. The molecule has 0 radical (unpaired) electrons. The third kappa shape index (κ3) is 4.61. The molecule has 0 heterocycles. The molecule has 1 aromatic carbocycles. The summed E-state index contributed by atoms with van der Waals surface area (Å²) in [7, 11) is 0. The van der Waals surface area contributed by atoms with Crippen LogP contribution in [0.25, 0.3) is 0 Å². The van der Waals surface area contributed by atoms with E-state index in [0.717, 1.165) is 5.69 Å². The van der Waals surface area contributed by atoms with Gasteiger partial charge in [-0.1, -0.05) is 0 Å². The molecule has 1 unspecified atom stereocenters. The summed E-state index contributed by atoms with van der Waals surface area (Å²) in [6, 6.07) is -0.764. The number of amides is 2. The third-order valence-corrected chi connectivity index (χ3v) is 4.46. The average molecular weight is 321 g/mol. The van der Waals surface area contributed by atoms with Crippen molar-refractivity contribution in [1.82, 2.24) is 10.6 Å². The molecule has 1 rings (SSSR count). The first kappa shape index (κ1) is 18.8. The number of nitrogens with one attached hydrogen (secondary N) is 3. The first-order valence-electron chi connectivity index (χ1n) is 7.74. The summed E-state index contributed by atoms with van der Waals surface area (Å²) in [4.78, 5) is 22.2. The zero-order valence-corrected chi connectivity index (χ0v) is 14.8. The second-order valence-electron chi connectivity index (χ2n) is 5.89. The van der Waals surface area contributed by atoms with Crippen molar-refractivity contribution in [1.29, 1.82) is 0 Å². The number of benzene rings is 1. The molecule has 0 aliphatic carbocycles. The molecular weight excluding hydrogens is 294 g/mol. The van der Waals surface area contributed by atoms with Crippen LogP contribution in [0.2, 0.25) is 0 Å². The van der Waals surface area contributed by atoms with Crippen molar-refractivity contribution in [2.45, 2.75) is 47.6 Å². The van der Waals surface area contributed by atoms with Gasteiger partial charge in [0.15, 0.2) is 0 Å². The molecule has 2 amide bonds. The van der Waals surface area contributed by atoms with Crippen molar-refractivity contribution in [3.05, 3.63) is 27.8 Å². The number of rotatable bonds is 6. The quantitative estimate of drug-likeness (QED) is 0.606. The summed E-state index contributed by atoms with van der Waals surface area (Å²) >= 11 is 0. The number of anilines is 1. The first-order chi connectivity index (χ1) is 10.7. The topological polar surface area (TPSA) is 90.5 Å². The highest BCUT2D eigenvalue weighted by atomic mass is 16.4. The van der Waals surface area contributed by atoms with Crippen molar-refractivity contribution in [2.24, 2.45) is 0 Å². The van der Waals surface area contributed by atoms with E-state index in [4.69, 9.17) is 5.11 Å². The lowest BCUT2D eigenvalue weighted by molar-refractivity contribution is -0.122. The van der Waals surface area contributed by atoms with Gasteiger partial charge in [0.05, 0.1) is 0 Å². The molecule has 0 aromatic heterocycles. The summed E-state index contributed by atoms with van der Waals surface area (Å²) < 4.78 is 0. The van der Waals surface area contributed by atoms with E-state index in [1.54, 1.807) is 0 Å². The lowest BCUT2D eigenvalue weighted by Crippen LogP contribution is -2.45. The summed E-state index contributed by atoms with van der Waals surface area (Å²) in [5.41, 5.74) is 7.41. The Morgan fingerprint density at radius 2 is 1.39 bits per heavy atom. The van der Waals surface area contributed by atoms with Crippen molar-refractivity contribution in [3.8, 4) is 0 Å². The van der Waals surface area contributed by atoms with Gasteiger partial charge >= 0.3 is 6.09 Å². The standard InChI is InChI=1S/C17H27N3O3/c1-9-10(2)12(4)15(13(5)11(9)3)18-7-8-19-16(21)14(6)20-17(22)23/h14,18,20H,7-8H2,1-6H3,(H,19,21)(H,22,23). The number of carboxylic acid groups (broad SMARTS) is 1. The molecule has 6 nitrogen and oxygen atoms in total. The number of carbonyl (C=O) groups excluding carboxylic acids is 1. The minimum absolute atomic E-state index is 0.334. The normalized spacial score (nSPS) is 11.7. The van der Waals surface area contributed by atoms with Gasteiger partial charge in [-0.3, -0.25) is 4.79 Å². The van der Waals surface area contributed by atoms with Crippen LogP contribution in [0.15, 0.2) is 0 Å². The Morgan fingerprint density at radius 1 is 0.913 bits per heavy atom. The Bertz CT molecular complexity index is 583. The second kappa shape index (κ2) is 7.85. The molecule has 1 atom stereocenters. The molecule has 0 saturated heterocycles. The van der Waals surface area contributed by atoms with E-state index in [1.165, 1.54) is 34.7 Å². The van der Waals surface area contributed by atoms with E-state index in [2.05, 4.69) is 50.6 Å². The second-order valence-corrected chi connectivity index (χ2v) is 5.89. The summed E-state index contributed by atoms with van der Waals surface area (Å²) in [6.07, 6.45) is -1.21. The average Bonchev–Trinajstić information content (AvgIpc) is 2.49. The van der Waals surface area contributed by atoms with Crippen LogP contribution in [-0.4, -0.2) is 36.2 Å². The van der Waals surface area contributed by atoms with Gasteiger partial charge in [-0.05, 0) is 69.4 Å². The van der Waals surface area contributed by atoms with Crippen LogP contribution >= 0.6 is 0 Å². The maximum absolute atomic E-state index is 11.7. The van der Waals surface area contributed by atoms with Crippen LogP contribution in [0, 0.1) is 34.6 Å². The Hall–Kier alpha value is -2.24. The number of carbonyl (C=O) groups is 2. The van der Waals surface area contributed by atoms with Gasteiger partial charge in [0.2, 0.25) is 5.91 Å². The zero-order valence-electron chi connectivity index (χ0n) is 14.8. The fourth-order valence-electron chi connectivity index (χ4n) is 2.54. The fraction of sp³-hybridized carbons (Fsp3) is 0.529. The summed E-state index contributed by atoms with van der Waals surface area (Å²) in [5.74, 6) is -0.334. The van der Waals surface area contributed by atoms with E-state index in [0.29, 0.717) is 13.1 Å². The van der Waals surface area contributed by atoms with Gasteiger partial charge in [0.25, 0.3) is 0 Å². The number of hydrogen-bond acceptors (Lipinski definition) is 3. The van der Waals surface area contributed by atoms with Gasteiger partial charge < -0.3 is 21.1 Å². The van der Waals surface area contributed by atoms with Crippen molar-refractivity contribution in [2.75, 3.05) is 18.4 Å². The van der Waals surface area contributed by atoms with Crippen molar-refractivity contribution >= 4 is 17.7 Å². The lowest BCUT2D eigenvalue weighted by atomic mass is 9.93. The van der Waals surface area contributed by atoms with Crippen LogP contribution < -0.4 is 16.0 Å². The molecule has 1 aromatic rings. The predicted molar refractivity (Wildman–Crippen MR) is 92.2 cm³/mol. The third-order valence-electron chi connectivity index (χ3n) is 4.46. The van der Waals surface area contributed by atoms with Crippen molar-refractivity contribution in [3.63, 3.8) is 0 Å². The molecule has 0 fully saturated rings. The molecule has 0 bridgehead atoms. The molecule has 0 saturated carbocycles. The predicted octanol–water partition coefficient (Wildman–Crippen LogP) is 2.41. The molecule has 23 heavy (non-hydrogen) atoms. The Labute approximate surface area is 137 Å². The van der Waals surface area contributed by atoms with E-state index >= 15 is 0 Å². The van der Waals surface area contributed by atoms with Crippen LogP contribution in [0.3, 0.4) is 0 Å². The van der Waals surface area contributed by atoms with Crippen LogP contribution in [0.4, 0.5) is 10.5 Å². The van der Waals surface area contributed by atoms with Gasteiger partial charge in [-0.15, -0.1) is 0 Å². The fourth-order valence-corrected chi connectivity index (χ4v) is 2.54. The molecule has 4 N–H and O–H groups in total. The zero-order chi connectivity index (χ0) is 17.7. The van der Waals surface area contributed by atoms with Crippen LogP contribution in [0.1, 0.15) is 34.7 Å². The van der Waals surface area contributed by atoms with E-state index < -0.39 is 12.1 Å². The van der Waals surface area contributed by atoms with Gasteiger partial charge in [-0.2, -0.15) is 0 Å². The van der Waals surface area contributed by atoms with Gasteiger partial charge in [-0.25, -0.2) is 4.79 Å². The Morgan fingerprint density at radius 3 is 1.87 bits per heavy atom. The molecule has 0 aliphatic heterocycles. The SMILES string of the molecule is Cc1c(C)c(C)c(NCCNC(=O)C(C)NC(=O)O)c(C)c1C. The smallest absolute Gasteiger partial charge is 0.405 e. The minimum atomic E-state index is -1.21. The molecule has 0 aliphatic rings. The van der Waals surface area contributed by atoms with Gasteiger partial charge in [0, 0.05) is 18.8 Å². The molecule has 0 spiro atoms. The summed E-state index contributed by atoms with van der Waals surface area (Å²) in [6.45, 7) is 13.1. The highest BCUT2D eigenvalue weighted by Gasteiger charge is 2.14. The molecular formula is C17H27N3O3. The minimum Gasteiger partial charge on any atom is -0.465 e. The largest absolute Gasteiger partial charge is 0.465 e.